The van der Waals surface area contributed by atoms with E-state index in [4.69, 9.17) is 0 Å². The van der Waals surface area contributed by atoms with E-state index in [1.54, 1.807) is 36.5 Å². The predicted octanol–water partition coefficient (Wildman–Crippen LogP) is 4.35. The number of aromatic nitrogens is 3. The Labute approximate surface area is 167 Å². The second kappa shape index (κ2) is 6.72. The second-order valence-corrected chi connectivity index (χ2v) is 8.27. The molecule has 0 spiro atoms. The predicted molar refractivity (Wildman–Crippen MR) is 113 cm³/mol. The van der Waals surface area contributed by atoms with Crippen LogP contribution in [0.1, 0.15) is 0 Å². The molecule has 3 aromatic carbocycles. The number of anilines is 1. The van der Waals surface area contributed by atoms with E-state index in [0.717, 1.165) is 16.6 Å². The molecule has 0 atom stereocenters. The molecule has 0 saturated heterocycles. The minimum atomic E-state index is -3.75. The summed E-state index contributed by atoms with van der Waals surface area (Å²) in [5, 5.41) is 1.56. The van der Waals surface area contributed by atoms with Gasteiger partial charge in [-0.25, -0.2) is 18.4 Å². The van der Waals surface area contributed by atoms with Crippen LogP contribution in [0, 0.1) is 0 Å². The zero-order valence-electron chi connectivity index (χ0n) is 15.2. The van der Waals surface area contributed by atoms with Crippen LogP contribution in [0.25, 0.3) is 27.8 Å². The van der Waals surface area contributed by atoms with Gasteiger partial charge in [0.1, 0.15) is 0 Å². The Hall–Kier alpha value is -3.71. The summed E-state index contributed by atoms with van der Waals surface area (Å²) in [6, 6.07) is 21.7. The van der Waals surface area contributed by atoms with Gasteiger partial charge in [0, 0.05) is 35.2 Å². The molecule has 6 nitrogen and oxygen atoms in total. The molecule has 0 fully saturated rings. The summed E-state index contributed by atoms with van der Waals surface area (Å²) in [4.78, 5) is 8.96. The number of hydrogen-bond donors (Lipinski definition) is 1. The summed E-state index contributed by atoms with van der Waals surface area (Å²) in [5.41, 5.74) is 1.99. The van der Waals surface area contributed by atoms with Crippen molar-refractivity contribution in [3.05, 3.63) is 91.4 Å². The molecule has 29 heavy (non-hydrogen) atoms. The number of nitrogens with zero attached hydrogens (tertiary/aromatic N) is 3. The Balaban J connectivity index is 1.52. The molecule has 142 valence electrons. The third kappa shape index (κ3) is 3.21. The van der Waals surface area contributed by atoms with Gasteiger partial charge in [-0.1, -0.05) is 48.5 Å². The molecule has 2 aromatic heterocycles. The zero-order valence-corrected chi connectivity index (χ0v) is 16.0. The fourth-order valence-corrected chi connectivity index (χ4v) is 4.63. The summed E-state index contributed by atoms with van der Waals surface area (Å²) in [5.74, 6) is 0.587. The van der Waals surface area contributed by atoms with Crippen LogP contribution < -0.4 is 4.72 Å². The summed E-state index contributed by atoms with van der Waals surface area (Å²) >= 11 is 0. The minimum absolute atomic E-state index is 0.248. The maximum Gasteiger partial charge on any atom is 0.262 e. The molecule has 0 saturated carbocycles. The average Bonchev–Trinajstić information content (AvgIpc) is 3.17. The highest BCUT2D eigenvalue weighted by Crippen LogP contribution is 2.27. The number of hydrogen-bond acceptors (Lipinski definition) is 4. The molecule has 0 aliphatic rings. The molecule has 0 aliphatic heterocycles. The lowest BCUT2D eigenvalue weighted by molar-refractivity contribution is 0.602. The first-order valence-electron chi connectivity index (χ1n) is 9.01. The first-order chi connectivity index (χ1) is 14.1. The quantitative estimate of drug-likeness (QED) is 0.487. The highest BCUT2D eigenvalue weighted by atomic mass is 32.2. The van der Waals surface area contributed by atoms with E-state index in [-0.39, 0.29) is 4.90 Å². The molecule has 1 N–H and O–H groups in total. The summed E-state index contributed by atoms with van der Waals surface area (Å²) in [6.07, 6.45) is 5.41. The third-order valence-electron chi connectivity index (χ3n) is 4.69. The number of imidazole rings is 1. The lowest BCUT2D eigenvalue weighted by Crippen LogP contribution is -2.13. The number of sulfonamides is 1. The van der Waals surface area contributed by atoms with E-state index >= 15 is 0 Å². The van der Waals surface area contributed by atoms with E-state index < -0.39 is 10.0 Å². The van der Waals surface area contributed by atoms with Gasteiger partial charge in [-0.15, -0.1) is 0 Å². The minimum Gasteiger partial charge on any atom is -0.291 e. The Morgan fingerprint density at radius 2 is 1.72 bits per heavy atom. The van der Waals surface area contributed by atoms with Crippen LogP contribution >= 0.6 is 0 Å². The lowest BCUT2D eigenvalue weighted by Gasteiger charge is -2.11. The van der Waals surface area contributed by atoms with Crippen LogP contribution in [0.5, 0.6) is 0 Å². The molecule has 5 rings (SSSR count). The van der Waals surface area contributed by atoms with Gasteiger partial charge in [-0.2, -0.15) is 0 Å². The van der Waals surface area contributed by atoms with Crippen LogP contribution in [0.2, 0.25) is 0 Å². The van der Waals surface area contributed by atoms with E-state index in [0.29, 0.717) is 16.9 Å². The van der Waals surface area contributed by atoms with Gasteiger partial charge in [-0.05, 0) is 29.7 Å². The van der Waals surface area contributed by atoms with Crippen molar-refractivity contribution in [2.75, 3.05) is 4.72 Å². The van der Waals surface area contributed by atoms with Crippen molar-refractivity contribution in [3.8, 4) is 11.3 Å². The SMILES string of the molecule is O=S(=O)(Nc1cccc(-c2cn3cccnc3n2)c1)c1cccc2ccccc12. The van der Waals surface area contributed by atoms with Crippen LogP contribution in [0.4, 0.5) is 5.69 Å². The van der Waals surface area contributed by atoms with Crippen LogP contribution in [-0.4, -0.2) is 22.8 Å². The molecule has 2 heterocycles. The topological polar surface area (TPSA) is 76.4 Å². The van der Waals surface area contributed by atoms with Gasteiger partial charge < -0.3 is 0 Å². The maximum absolute atomic E-state index is 13.1. The van der Waals surface area contributed by atoms with Crippen molar-refractivity contribution in [2.45, 2.75) is 4.90 Å². The number of rotatable bonds is 4. The van der Waals surface area contributed by atoms with Gasteiger partial charge in [-0.3, -0.25) is 9.12 Å². The second-order valence-electron chi connectivity index (χ2n) is 6.62. The number of benzene rings is 3. The molecular weight excluding hydrogens is 384 g/mol. The Morgan fingerprint density at radius 3 is 2.62 bits per heavy atom. The van der Waals surface area contributed by atoms with E-state index in [1.807, 2.05) is 59.3 Å². The van der Waals surface area contributed by atoms with Crippen LogP contribution in [0.3, 0.4) is 0 Å². The van der Waals surface area contributed by atoms with E-state index in [9.17, 15) is 8.42 Å². The maximum atomic E-state index is 13.1. The lowest BCUT2D eigenvalue weighted by atomic mass is 10.1. The van der Waals surface area contributed by atoms with Crippen molar-refractivity contribution in [2.24, 2.45) is 0 Å². The summed E-state index contributed by atoms with van der Waals surface area (Å²) in [6.45, 7) is 0. The van der Waals surface area contributed by atoms with Crippen molar-refractivity contribution >= 4 is 32.3 Å². The Morgan fingerprint density at radius 1 is 0.897 bits per heavy atom. The number of fused-ring (bicyclic) bond motifs is 2. The normalized spacial score (nSPS) is 11.7. The zero-order chi connectivity index (χ0) is 19.8. The van der Waals surface area contributed by atoms with Gasteiger partial charge in [0.05, 0.1) is 10.6 Å². The fraction of sp³-hybridized carbons (Fsp3) is 0. The average molecular weight is 400 g/mol. The van der Waals surface area contributed by atoms with Gasteiger partial charge in [0.2, 0.25) is 5.78 Å². The van der Waals surface area contributed by atoms with Crippen LogP contribution in [0.15, 0.2) is 96.3 Å². The molecule has 0 unspecified atom stereocenters. The van der Waals surface area contributed by atoms with Crippen LogP contribution in [-0.2, 0) is 10.0 Å². The molecule has 7 heteroatoms. The first kappa shape index (κ1) is 17.4. The van der Waals surface area contributed by atoms with E-state index in [1.165, 1.54) is 0 Å². The fourth-order valence-electron chi connectivity index (χ4n) is 3.35. The molecule has 0 radical (unpaired) electrons. The summed E-state index contributed by atoms with van der Waals surface area (Å²) < 4.78 is 30.6. The van der Waals surface area contributed by atoms with Crippen molar-refractivity contribution in [1.82, 2.24) is 14.4 Å². The highest BCUT2D eigenvalue weighted by molar-refractivity contribution is 7.93. The smallest absolute Gasteiger partial charge is 0.262 e. The molecule has 0 amide bonds. The molecule has 0 aliphatic carbocycles. The van der Waals surface area contributed by atoms with Gasteiger partial charge in [0.25, 0.3) is 10.0 Å². The standard InChI is InChI=1S/C22H16N4O2S/c27-29(28,21-11-4-7-16-6-1-2-10-19(16)21)25-18-9-3-8-17(14-18)20-15-26-13-5-12-23-22(26)24-20/h1-15,25H. The van der Waals surface area contributed by atoms with Crippen molar-refractivity contribution in [1.29, 1.82) is 0 Å². The van der Waals surface area contributed by atoms with Gasteiger partial charge >= 0.3 is 0 Å². The third-order valence-corrected chi connectivity index (χ3v) is 6.12. The first-order valence-corrected chi connectivity index (χ1v) is 10.5. The Kier molecular flexibility index (Phi) is 4.03. The Bertz CT molecular complexity index is 1420. The molecule has 0 bridgehead atoms. The number of nitrogens with one attached hydrogen (secondary N) is 1. The van der Waals surface area contributed by atoms with Crippen molar-refractivity contribution < 1.29 is 8.42 Å². The molecule has 5 aromatic rings. The highest BCUT2D eigenvalue weighted by Gasteiger charge is 2.17. The summed E-state index contributed by atoms with van der Waals surface area (Å²) in [7, 11) is -3.75. The largest absolute Gasteiger partial charge is 0.291 e. The molecular formula is C22H16N4O2S. The van der Waals surface area contributed by atoms with E-state index in [2.05, 4.69) is 14.7 Å². The van der Waals surface area contributed by atoms with Gasteiger partial charge in [0.15, 0.2) is 0 Å². The monoisotopic (exact) mass is 400 g/mol. The van der Waals surface area contributed by atoms with Crippen molar-refractivity contribution in [3.63, 3.8) is 0 Å².